The zero-order chi connectivity index (χ0) is 15.0. The molecule has 0 amide bonds. The van der Waals surface area contributed by atoms with Gasteiger partial charge in [0.15, 0.2) is 0 Å². The van der Waals surface area contributed by atoms with Crippen molar-refractivity contribution in [1.29, 1.82) is 0 Å². The Labute approximate surface area is 127 Å². The van der Waals surface area contributed by atoms with E-state index in [-0.39, 0.29) is 5.41 Å². The van der Waals surface area contributed by atoms with Crippen LogP contribution < -0.4 is 0 Å². The lowest BCUT2D eigenvalue weighted by Crippen LogP contribution is -2.12. The molecule has 106 valence electrons. The Kier molecular flexibility index (Phi) is 3.33. The molecule has 0 heteroatoms. The van der Waals surface area contributed by atoms with E-state index in [1.165, 1.54) is 33.0 Å². The number of rotatable bonds is 1. The first-order valence-corrected chi connectivity index (χ1v) is 7.55. The molecule has 0 bridgehead atoms. The summed E-state index contributed by atoms with van der Waals surface area (Å²) < 4.78 is 0. The summed E-state index contributed by atoms with van der Waals surface area (Å²) in [6.07, 6.45) is 0. The quantitative estimate of drug-likeness (QED) is 0.502. The number of hydrogen-bond donors (Lipinski definition) is 0. The Morgan fingerprint density at radius 2 is 1.29 bits per heavy atom. The molecule has 3 rings (SSSR count). The maximum Gasteiger partial charge on any atom is -0.0125 e. The van der Waals surface area contributed by atoms with Crippen molar-refractivity contribution in [1.82, 2.24) is 0 Å². The van der Waals surface area contributed by atoms with Crippen molar-refractivity contribution in [3.63, 3.8) is 0 Å². The summed E-state index contributed by atoms with van der Waals surface area (Å²) in [5.41, 5.74) is 5.49. The minimum atomic E-state index is 0.129. The van der Waals surface area contributed by atoms with Crippen LogP contribution in [0.15, 0.2) is 60.7 Å². The molecule has 0 nitrogen and oxygen atoms in total. The summed E-state index contributed by atoms with van der Waals surface area (Å²) in [5, 5.41) is 2.62. The normalized spacial score (nSPS) is 11.8. The third kappa shape index (κ3) is 2.71. The highest BCUT2D eigenvalue weighted by Crippen LogP contribution is 2.36. The molecule has 0 unspecified atom stereocenters. The summed E-state index contributed by atoms with van der Waals surface area (Å²) in [6, 6.07) is 22.1. The van der Waals surface area contributed by atoms with Crippen molar-refractivity contribution < 1.29 is 0 Å². The van der Waals surface area contributed by atoms with Crippen molar-refractivity contribution in [3.05, 3.63) is 71.8 Å². The Bertz CT molecular complexity index is 771. The van der Waals surface area contributed by atoms with Gasteiger partial charge in [0.2, 0.25) is 0 Å². The molecule has 0 saturated heterocycles. The third-order valence-corrected chi connectivity index (χ3v) is 4.06. The van der Waals surface area contributed by atoms with E-state index in [9.17, 15) is 0 Å². The molecule has 0 N–H and O–H groups in total. The molecule has 0 fully saturated rings. The fraction of sp³-hybridized carbons (Fsp3) is 0.238. The van der Waals surface area contributed by atoms with E-state index >= 15 is 0 Å². The Hall–Kier alpha value is -2.08. The lowest BCUT2D eigenvalue weighted by atomic mass is 9.80. The van der Waals surface area contributed by atoms with Gasteiger partial charge in [-0.25, -0.2) is 0 Å². The molecule has 0 saturated carbocycles. The van der Waals surface area contributed by atoms with Gasteiger partial charge < -0.3 is 0 Å². The average molecular weight is 274 g/mol. The minimum Gasteiger partial charge on any atom is -0.0616 e. The van der Waals surface area contributed by atoms with E-state index in [0.29, 0.717) is 0 Å². The maximum atomic E-state index is 2.35. The second-order valence-electron chi connectivity index (χ2n) is 6.86. The fourth-order valence-corrected chi connectivity index (χ4v) is 2.83. The van der Waals surface area contributed by atoms with E-state index in [1.54, 1.807) is 0 Å². The Morgan fingerprint density at radius 1 is 0.714 bits per heavy atom. The van der Waals surface area contributed by atoms with Crippen LogP contribution in [0.5, 0.6) is 0 Å². The van der Waals surface area contributed by atoms with Crippen molar-refractivity contribution in [3.8, 4) is 11.1 Å². The number of benzene rings is 3. The van der Waals surface area contributed by atoms with Crippen LogP contribution in [0.25, 0.3) is 21.9 Å². The standard InChI is InChI=1S/C21H22/c1-15-9-11-16(12-10-15)19-13-17-7-5-6-8-18(17)14-20(19)21(2,3)4/h5-14H,1-4H3. The van der Waals surface area contributed by atoms with E-state index in [0.717, 1.165) is 0 Å². The highest BCUT2D eigenvalue weighted by Gasteiger charge is 2.19. The fourth-order valence-electron chi connectivity index (χ4n) is 2.83. The number of aryl methyl sites for hydroxylation is 1. The monoisotopic (exact) mass is 274 g/mol. The molecule has 21 heavy (non-hydrogen) atoms. The van der Waals surface area contributed by atoms with E-state index < -0.39 is 0 Å². The first kappa shape index (κ1) is 13.9. The van der Waals surface area contributed by atoms with Gasteiger partial charge in [-0.3, -0.25) is 0 Å². The van der Waals surface area contributed by atoms with Gasteiger partial charge in [0.25, 0.3) is 0 Å². The molecule has 0 aliphatic heterocycles. The molecule has 0 aliphatic rings. The van der Waals surface area contributed by atoms with Crippen LogP contribution >= 0.6 is 0 Å². The molecule has 3 aromatic carbocycles. The molecular formula is C21H22. The molecule has 0 aliphatic carbocycles. The van der Waals surface area contributed by atoms with Crippen molar-refractivity contribution in [2.45, 2.75) is 33.1 Å². The largest absolute Gasteiger partial charge is 0.0616 e. The molecule has 0 aromatic heterocycles. The number of hydrogen-bond acceptors (Lipinski definition) is 0. The SMILES string of the molecule is Cc1ccc(-c2cc3ccccc3cc2C(C)(C)C)cc1. The summed E-state index contributed by atoms with van der Waals surface area (Å²) >= 11 is 0. The zero-order valence-corrected chi connectivity index (χ0v) is 13.3. The first-order chi connectivity index (χ1) is 9.95. The van der Waals surface area contributed by atoms with Crippen molar-refractivity contribution in [2.24, 2.45) is 0 Å². The highest BCUT2D eigenvalue weighted by molar-refractivity contribution is 5.89. The Morgan fingerprint density at radius 3 is 1.86 bits per heavy atom. The first-order valence-electron chi connectivity index (χ1n) is 7.55. The zero-order valence-electron chi connectivity index (χ0n) is 13.3. The average Bonchev–Trinajstić information content (AvgIpc) is 2.46. The van der Waals surface area contributed by atoms with Gasteiger partial charge in [0, 0.05) is 0 Å². The predicted octanol–water partition coefficient (Wildman–Crippen LogP) is 6.11. The van der Waals surface area contributed by atoms with Gasteiger partial charge in [-0.2, -0.15) is 0 Å². The molecule has 0 atom stereocenters. The highest BCUT2D eigenvalue weighted by atomic mass is 14.2. The van der Waals surface area contributed by atoms with Crippen molar-refractivity contribution in [2.75, 3.05) is 0 Å². The lowest BCUT2D eigenvalue weighted by molar-refractivity contribution is 0.593. The second kappa shape index (κ2) is 5.04. The van der Waals surface area contributed by atoms with Crippen LogP contribution in [0.1, 0.15) is 31.9 Å². The maximum absolute atomic E-state index is 2.35. The van der Waals surface area contributed by atoms with Gasteiger partial charge in [0.05, 0.1) is 0 Å². The Balaban J connectivity index is 2.30. The van der Waals surface area contributed by atoms with Crippen molar-refractivity contribution >= 4 is 10.8 Å². The third-order valence-electron chi connectivity index (χ3n) is 4.06. The topological polar surface area (TPSA) is 0 Å². The predicted molar refractivity (Wildman–Crippen MR) is 92.8 cm³/mol. The van der Waals surface area contributed by atoms with Crippen LogP contribution in [0.3, 0.4) is 0 Å². The van der Waals surface area contributed by atoms with Crippen LogP contribution in [0.2, 0.25) is 0 Å². The minimum absolute atomic E-state index is 0.129. The molecule has 0 heterocycles. The van der Waals surface area contributed by atoms with E-state index in [4.69, 9.17) is 0 Å². The second-order valence-corrected chi connectivity index (χ2v) is 6.86. The van der Waals surface area contributed by atoms with Gasteiger partial charge in [-0.1, -0.05) is 80.9 Å². The summed E-state index contributed by atoms with van der Waals surface area (Å²) in [7, 11) is 0. The van der Waals surface area contributed by atoms with Crippen LogP contribution in [0.4, 0.5) is 0 Å². The summed E-state index contributed by atoms with van der Waals surface area (Å²) in [4.78, 5) is 0. The number of fused-ring (bicyclic) bond motifs is 1. The van der Waals surface area contributed by atoms with Crippen LogP contribution in [-0.4, -0.2) is 0 Å². The van der Waals surface area contributed by atoms with Gasteiger partial charge >= 0.3 is 0 Å². The molecular weight excluding hydrogens is 252 g/mol. The van der Waals surface area contributed by atoms with E-state index in [2.05, 4.69) is 88.4 Å². The van der Waals surface area contributed by atoms with E-state index in [1.807, 2.05) is 0 Å². The van der Waals surface area contributed by atoms with Gasteiger partial charge in [-0.05, 0) is 45.9 Å². The van der Waals surface area contributed by atoms with Crippen LogP contribution in [-0.2, 0) is 5.41 Å². The van der Waals surface area contributed by atoms with Crippen LogP contribution in [0, 0.1) is 6.92 Å². The smallest absolute Gasteiger partial charge is 0.0125 e. The van der Waals surface area contributed by atoms with Gasteiger partial charge in [0.1, 0.15) is 0 Å². The summed E-state index contributed by atoms with van der Waals surface area (Å²) in [6.45, 7) is 8.99. The molecule has 3 aromatic rings. The lowest BCUT2D eigenvalue weighted by Gasteiger charge is -2.24. The molecule has 0 radical (unpaired) electrons. The summed E-state index contributed by atoms with van der Waals surface area (Å²) in [5.74, 6) is 0. The van der Waals surface area contributed by atoms with Gasteiger partial charge in [-0.15, -0.1) is 0 Å². The molecule has 0 spiro atoms.